The number of nitrogens with zero attached hydrogens (tertiary/aromatic N) is 3. The lowest BCUT2D eigenvalue weighted by molar-refractivity contribution is -0.0169. The van der Waals surface area contributed by atoms with Gasteiger partial charge in [0.15, 0.2) is 0 Å². The highest BCUT2D eigenvalue weighted by molar-refractivity contribution is 7.85. The highest BCUT2D eigenvalue weighted by Gasteiger charge is 2.27. The second kappa shape index (κ2) is 12.2. The van der Waals surface area contributed by atoms with E-state index in [9.17, 15) is 33.4 Å². The molecule has 0 saturated carbocycles. The van der Waals surface area contributed by atoms with Crippen molar-refractivity contribution in [2.24, 2.45) is 0 Å². The van der Waals surface area contributed by atoms with Gasteiger partial charge in [0.25, 0.3) is 0 Å². The fraction of sp³-hybridized carbons (Fsp3) is 0.700. The summed E-state index contributed by atoms with van der Waals surface area (Å²) in [6.07, 6.45) is -1.64. The van der Waals surface area contributed by atoms with Crippen molar-refractivity contribution in [1.82, 2.24) is 14.7 Å². The zero-order chi connectivity index (χ0) is 23.0. The van der Waals surface area contributed by atoms with Gasteiger partial charge in [0.05, 0.1) is 36.4 Å². The molecular formula is C20H34N3O7S-. The van der Waals surface area contributed by atoms with Gasteiger partial charge in [0.2, 0.25) is 0 Å². The predicted octanol–water partition coefficient (Wildman–Crippen LogP) is -1.89. The Morgan fingerprint density at radius 2 is 1.55 bits per heavy atom. The summed E-state index contributed by atoms with van der Waals surface area (Å²) in [5.41, 5.74) is 0.416. The molecule has 1 saturated heterocycles. The molecule has 10 nitrogen and oxygen atoms in total. The normalized spacial score (nSPS) is 21.1. The third-order valence-corrected chi connectivity index (χ3v) is 6.52. The van der Waals surface area contributed by atoms with Crippen LogP contribution in [0.1, 0.15) is 12.5 Å². The number of aliphatic hydroxyl groups excluding tert-OH is 4. The summed E-state index contributed by atoms with van der Waals surface area (Å²) in [6.45, 7) is 4.89. The average Bonchev–Trinajstić information content (AvgIpc) is 2.80. The lowest BCUT2D eigenvalue weighted by Gasteiger charge is -2.34. The Labute approximate surface area is 184 Å². The van der Waals surface area contributed by atoms with Crippen molar-refractivity contribution in [3.05, 3.63) is 29.8 Å². The van der Waals surface area contributed by atoms with Crippen LogP contribution < -0.4 is 0 Å². The van der Waals surface area contributed by atoms with Gasteiger partial charge >= 0.3 is 0 Å². The number of rotatable bonds is 9. The maximum Gasteiger partial charge on any atom is 0.124 e. The van der Waals surface area contributed by atoms with Crippen LogP contribution in [-0.4, -0.2) is 125 Å². The van der Waals surface area contributed by atoms with Gasteiger partial charge in [-0.2, -0.15) is 0 Å². The molecule has 0 spiro atoms. The summed E-state index contributed by atoms with van der Waals surface area (Å²) in [6, 6.07) is 5.48. The van der Waals surface area contributed by atoms with Crippen LogP contribution in [0.2, 0.25) is 0 Å². The lowest BCUT2D eigenvalue weighted by Crippen LogP contribution is -2.51. The fourth-order valence-corrected chi connectivity index (χ4v) is 4.62. The molecule has 1 fully saturated rings. The molecule has 0 unspecified atom stereocenters. The number of aliphatic hydroxyl groups is 4. The van der Waals surface area contributed by atoms with Crippen molar-refractivity contribution in [3.8, 4) is 0 Å². The van der Waals surface area contributed by atoms with Crippen LogP contribution in [0.4, 0.5) is 0 Å². The van der Waals surface area contributed by atoms with Gasteiger partial charge in [0.1, 0.15) is 10.1 Å². The minimum Gasteiger partial charge on any atom is -0.744 e. The molecule has 2 rings (SSSR count). The highest BCUT2D eigenvalue weighted by Crippen LogP contribution is 2.18. The van der Waals surface area contributed by atoms with Crippen LogP contribution in [-0.2, 0) is 16.7 Å². The van der Waals surface area contributed by atoms with E-state index in [1.54, 1.807) is 19.1 Å². The number of hydrogen-bond donors (Lipinski definition) is 4. The average molecular weight is 461 g/mol. The monoisotopic (exact) mass is 460 g/mol. The molecule has 0 amide bonds. The van der Waals surface area contributed by atoms with Gasteiger partial charge in [-0.25, -0.2) is 8.42 Å². The molecule has 1 aliphatic heterocycles. The smallest absolute Gasteiger partial charge is 0.124 e. The number of benzene rings is 1. The zero-order valence-corrected chi connectivity index (χ0v) is 18.7. The molecule has 31 heavy (non-hydrogen) atoms. The molecule has 3 atom stereocenters. The molecule has 1 aromatic carbocycles. The van der Waals surface area contributed by atoms with Gasteiger partial charge in [-0.15, -0.1) is 0 Å². The molecule has 1 aromatic rings. The van der Waals surface area contributed by atoms with E-state index in [2.05, 4.69) is 4.90 Å². The molecule has 11 heteroatoms. The van der Waals surface area contributed by atoms with E-state index in [4.69, 9.17) is 0 Å². The van der Waals surface area contributed by atoms with Crippen LogP contribution >= 0.6 is 0 Å². The van der Waals surface area contributed by atoms with E-state index >= 15 is 0 Å². The Kier molecular flexibility index (Phi) is 10.3. The summed E-state index contributed by atoms with van der Waals surface area (Å²) in [5, 5.41) is 39.1. The van der Waals surface area contributed by atoms with Crippen LogP contribution in [0.15, 0.2) is 29.2 Å². The molecule has 0 radical (unpaired) electrons. The van der Waals surface area contributed by atoms with E-state index < -0.39 is 35.0 Å². The van der Waals surface area contributed by atoms with Crippen molar-refractivity contribution in [2.75, 3.05) is 59.0 Å². The summed E-state index contributed by atoms with van der Waals surface area (Å²) in [4.78, 5) is 5.73. The van der Waals surface area contributed by atoms with E-state index in [0.29, 0.717) is 51.4 Å². The van der Waals surface area contributed by atoms with Crippen LogP contribution in [0.3, 0.4) is 0 Å². The molecule has 0 bridgehead atoms. The molecule has 4 N–H and O–H groups in total. The first kappa shape index (κ1) is 26.1. The first-order valence-electron chi connectivity index (χ1n) is 10.5. The lowest BCUT2D eigenvalue weighted by atomic mass is 10.1. The quantitative estimate of drug-likeness (QED) is 0.308. The van der Waals surface area contributed by atoms with Crippen molar-refractivity contribution in [3.63, 3.8) is 0 Å². The summed E-state index contributed by atoms with van der Waals surface area (Å²) in [7, 11) is -4.60. The minimum atomic E-state index is -4.60. The summed E-state index contributed by atoms with van der Waals surface area (Å²) < 4.78 is 34.9. The van der Waals surface area contributed by atoms with Gasteiger partial charge in [0, 0.05) is 52.4 Å². The fourth-order valence-electron chi connectivity index (χ4n) is 3.93. The Hall–Kier alpha value is -1.15. The van der Waals surface area contributed by atoms with Crippen molar-refractivity contribution >= 4 is 10.1 Å². The summed E-state index contributed by atoms with van der Waals surface area (Å²) in [5.74, 6) is 0. The number of β-amino-alcohol motifs (C(OH)–C–C–N with tert-alkyl or cyclic N) is 1. The zero-order valence-electron chi connectivity index (χ0n) is 17.9. The standard InChI is InChI=1S/C20H35N3O7S/c1-16(26)12-21-6-7-22(13-17-4-2-3-5-20(17)31(28,29)30)9-11-23(10-8-21)18(14-24)19(27)15-25/h2-5,16,18-19,24-27H,6-15H2,1H3,(H,28,29,30)/p-1/t16-,18+,19+/m0/s1. The first-order chi connectivity index (χ1) is 14.7. The molecule has 1 heterocycles. The second-order valence-corrected chi connectivity index (χ2v) is 9.37. The maximum absolute atomic E-state index is 11.6. The van der Waals surface area contributed by atoms with E-state index in [1.165, 1.54) is 12.1 Å². The van der Waals surface area contributed by atoms with Crippen LogP contribution in [0, 0.1) is 0 Å². The Balaban J connectivity index is 2.24. The van der Waals surface area contributed by atoms with Crippen LogP contribution in [0.25, 0.3) is 0 Å². The highest BCUT2D eigenvalue weighted by atomic mass is 32.2. The Morgan fingerprint density at radius 3 is 2.13 bits per heavy atom. The topological polar surface area (TPSA) is 148 Å². The van der Waals surface area contributed by atoms with E-state index in [1.807, 2.05) is 9.80 Å². The van der Waals surface area contributed by atoms with Gasteiger partial charge in [-0.1, -0.05) is 18.2 Å². The first-order valence-corrected chi connectivity index (χ1v) is 11.9. The molecular weight excluding hydrogens is 426 g/mol. The Morgan fingerprint density at radius 1 is 0.968 bits per heavy atom. The molecule has 0 aromatic heterocycles. The van der Waals surface area contributed by atoms with Crippen molar-refractivity contribution < 1.29 is 33.4 Å². The molecule has 178 valence electrons. The third kappa shape index (κ3) is 8.04. The largest absolute Gasteiger partial charge is 0.744 e. The van der Waals surface area contributed by atoms with E-state index in [0.717, 1.165) is 0 Å². The van der Waals surface area contributed by atoms with Gasteiger partial charge in [-0.3, -0.25) is 14.7 Å². The maximum atomic E-state index is 11.6. The third-order valence-electron chi connectivity index (χ3n) is 5.58. The van der Waals surface area contributed by atoms with Gasteiger partial charge < -0.3 is 25.0 Å². The predicted molar refractivity (Wildman–Crippen MR) is 113 cm³/mol. The number of hydrogen-bond acceptors (Lipinski definition) is 10. The minimum absolute atomic E-state index is 0.239. The molecule has 1 aliphatic rings. The Bertz CT molecular complexity index is 778. The van der Waals surface area contributed by atoms with Crippen molar-refractivity contribution in [1.29, 1.82) is 0 Å². The second-order valence-electron chi connectivity index (χ2n) is 8.02. The van der Waals surface area contributed by atoms with E-state index in [-0.39, 0.29) is 18.0 Å². The summed E-state index contributed by atoms with van der Waals surface area (Å²) >= 11 is 0. The van der Waals surface area contributed by atoms with Crippen LogP contribution in [0.5, 0.6) is 0 Å². The van der Waals surface area contributed by atoms with Crippen molar-refractivity contribution in [2.45, 2.75) is 36.6 Å². The molecule has 0 aliphatic carbocycles. The SMILES string of the molecule is C[C@H](O)CN1CCN(Cc2ccccc2S(=O)(=O)[O-])CCN([C@H](CO)[C@H](O)CO)CC1. The van der Waals surface area contributed by atoms with Gasteiger partial charge in [-0.05, 0) is 18.6 Å².